The summed E-state index contributed by atoms with van der Waals surface area (Å²) in [6.45, 7) is 5.92. The van der Waals surface area contributed by atoms with Gasteiger partial charge >= 0.3 is 5.97 Å². The number of carbonyl (C=O) groups excluding carboxylic acids is 2. The second-order valence-electron chi connectivity index (χ2n) is 10.2. The Morgan fingerprint density at radius 1 is 1.07 bits per heavy atom. The van der Waals surface area contributed by atoms with Crippen molar-refractivity contribution in [2.45, 2.75) is 76.9 Å². The van der Waals surface area contributed by atoms with Crippen LogP contribution in [0.5, 0.6) is 5.75 Å². The van der Waals surface area contributed by atoms with Crippen LogP contribution in [0.15, 0.2) is 24.3 Å². The molecule has 2 atom stereocenters. The average molecular weight is 401 g/mol. The molecule has 29 heavy (non-hydrogen) atoms. The normalized spacial score (nSPS) is 32.9. The summed E-state index contributed by atoms with van der Waals surface area (Å²) in [4.78, 5) is 25.4. The number of carbonyl (C=O) groups is 2. The number of esters is 1. The molecule has 5 rings (SSSR count). The molecule has 4 fully saturated rings. The van der Waals surface area contributed by atoms with Gasteiger partial charge < -0.3 is 14.6 Å². The van der Waals surface area contributed by atoms with Crippen molar-refractivity contribution in [2.75, 3.05) is 6.61 Å². The molecule has 0 amide bonds. The molecule has 158 valence electrons. The highest BCUT2D eigenvalue weighted by Gasteiger charge is 2.60. The van der Waals surface area contributed by atoms with Gasteiger partial charge in [-0.2, -0.15) is 0 Å². The third-order valence-electron chi connectivity index (χ3n) is 7.40. The molecule has 2 unspecified atom stereocenters. The lowest BCUT2D eigenvalue weighted by Crippen LogP contribution is -2.62. The number of rotatable bonds is 7. The summed E-state index contributed by atoms with van der Waals surface area (Å²) in [5.41, 5.74) is -0.743. The lowest BCUT2D eigenvalue weighted by atomic mass is 9.52. The third kappa shape index (κ3) is 3.94. The van der Waals surface area contributed by atoms with Crippen LogP contribution in [0.3, 0.4) is 0 Å². The largest absolute Gasteiger partial charge is 0.508 e. The zero-order chi connectivity index (χ0) is 20.9. The summed E-state index contributed by atoms with van der Waals surface area (Å²) in [6, 6.07) is 6.28. The number of aromatic hydroxyl groups is 1. The van der Waals surface area contributed by atoms with E-state index in [0.717, 1.165) is 32.1 Å². The van der Waals surface area contributed by atoms with Crippen molar-refractivity contribution >= 4 is 11.8 Å². The molecule has 0 spiro atoms. The Bertz CT molecular complexity index is 780. The lowest BCUT2D eigenvalue weighted by molar-refractivity contribution is -0.235. The Labute approximate surface area is 172 Å². The molecule has 0 aromatic heterocycles. The van der Waals surface area contributed by atoms with Gasteiger partial charge in [0, 0.05) is 12.0 Å². The summed E-state index contributed by atoms with van der Waals surface area (Å²) in [6.07, 6.45) is 6.36. The average Bonchev–Trinajstić information content (AvgIpc) is 2.65. The number of benzene rings is 1. The standard InChI is InChI=1S/C24H32O5/c1-4-22(2,3)21(27)29-24-12-16-9-17(13-24)11-23(10-16,15-24)28-14-20(26)18-5-7-19(25)8-6-18/h5-8,16-17,25H,4,9-15H2,1-3H3. The van der Waals surface area contributed by atoms with E-state index in [1.54, 1.807) is 12.1 Å². The van der Waals surface area contributed by atoms with Crippen LogP contribution in [0.2, 0.25) is 0 Å². The van der Waals surface area contributed by atoms with E-state index >= 15 is 0 Å². The smallest absolute Gasteiger partial charge is 0.312 e. The maximum absolute atomic E-state index is 12.8. The van der Waals surface area contributed by atoms with Gasteiger partial charge in [0.15, 0.2) is 5.78 Å². The van der Waals surface area contributed by atoms with Gasteiger partial charge in [0.2, 0.25) is 0 Å². The van der Waals surface area contributed by atoms with Crippen molar-refractivity contribution < 1.29 is 24.2 Å². The Morgan fingerprint density at radius 3 is 2.24 bits per heavy atom. The molecule has 0 aliphatic heterocycles. The summed E-state index contributed by atoms with van der Waals surface area (Å²) >= 11 is 0. The predicted octanol–water partition coefficient (Wildman–Crippen LogP) is 4.66. The minimum atomic E-state index is -0.480. The van der Waals surface area contributed by atoms with E-state index in [2.05, 4.69) is 0 Å². The Kier molecular flexibility index (Phi) is 5.01. The first-order valence-corrected chi connectivity index (χ1v) is 10.8. The van der Waals surface area contributed by atoms with E-state index in [9.17, 15) is 14.7 Å². The molecule has 1 aromatic rings. The summed E-state index contributed by atoms with van der Waals surface area (Å²) in [5, 5.41) is 9.41. The molecule has 4 aliphatic rings. The number of hydrogen-bond acceptors (Lipinski definition) is 5. The van der Waals surface area contributed by atoms with Gasteiger partial charge in [0.1, 0.15) is 18.0 Å². The zero-order valence-corrected chi connectivity index (χ0v) is 17.7. The van der Waals surface area contributed by atoms with Gasteiger partial charge in [-0.05, 0) is 88.5 Å². The summed E-state index contributed by atoms with van der Waals surface area (Å²) in [7, 11) is 0. The molecule has 5 heteroatoms. The zero-order valence-electron chi connectivity index (χ0n) is 17.7. The van der Waals surface area contributed by atoms with E-state index in [1.807, 2.05) is 20.8 Å². The maximum Gasteiger partial charge on any atom is 0.312 e. The van der Waals surface area contributed by atoms with E-state index in [0.29, 0.717) is 23.8 Å². The van der Waals surface area contributed by atoms with Crippen LogP contribution < -0.4 is 0 Å². The molecular formula is C24H32O5. The van der Waals surface area contributed by atoms with Gasteiger partial charge in [0.25, 0.3) is 0 Å². The fourth-order valence-electron chi connectivity index (χ4n) is 5.81. The van der Waals surface area contributed by atoms with Crippen molar-refractivity contribution in [3.8, 4) is 5.75 Å². The Balaban J connectivity index is 1.47. The molecule has 0 saturated heterocycles. The highest BCUT2D eigenvalue weighted by atomic mass is 16.6. The quantitative estimate of drug-likeness (QED) is 0.532. The molecule has 0 heterocycles. The second-order valence-corrected chi connectivity index (χ2v) is 10.2. The predicted molar refractivity (Wildman–Crippen MR) is 109 cm³/mol. The van der Waals surface area contributed by atoms with E-state index in [4.69, 9.17) is 9.47 Å². The number of ketones is 1. The molecular weight excluding hydrogens is 368 g/mol. The monoisotopic (exact) mass is 400 g/mol. The highest BCUT2D eigenvalue weighted by molar-refractivity contribution is 5.97. The van der Waals surface area contributed by atoms with Crippen molar-refractivity contribution in [3.63, 3.8) is 0 Å². The topological polar surface area (TPSA) is 72.8 Å². The highest BCUT2D eigenvalue weighted by Crippen LogP contribution is 2.60. The van der Waals surface area contributed by atoms with Crippen LogP contribution in [0, 0.1) is 17.3 Å². The van der Waals surface area contributed by atoms with E-state index in [1.165, 1.54) is 18.6 Å². The van der Waals surface area contributed by atoms with Crippen LogP contribution >= 0.6 is 0 Å². The SMILES string of the molecule is CCC(C)(C)C(=O)OC12CC3CC(CC(OCC(=O)c4ccc(O)cc4)(C3)C1)C2. The minimum Gasteiger partial charge on any atom is -0.508 e. The van der Waals surface area contributed by atoms with Gasteiger partial charge in [-0.25, -0.2) is 0 Å². The van der Waals surface area contributed by atoms with Gasteiger partial charge in [0.05, 0.1) is 11.0 Å². The third-order valence-corrected chi connectivity index (χ3v) is 7.40. The van der Waals surface area contributed by atoms with Crippen LogP contribution in [0.1, 0.15) is 76.1 Å². The van der Waals surface area contributed by atoms with Crippen molar-refractivity contribution in [2.24, 2.45) is 17.3 Å². The number of Topliss-reactive ketones (excluding diaryl/α,β-unsaturated/α-hetero) is 1. The van der Waals surface area contributed by atoms with E-state index in [-0.39, 0.29) is 29.7 Å². The first kappa shape index (κ1) is 20.4. The molecule has 4 aliphatic carbocycles. The Hall–Kier alpha value is -1.88. The second kappa shape index (κ2) is 7.12. The molecule has 1 aromatic carbocycles. The molecule has 1 N–H and O–H groups in total. The lowest BCUT2D eigenvalue weighted by Gasteiger charge is -2.60. The van der Waals surface area contributed by atoms with Crippen LogP contribution in [0.25, 0.3) is 0 Å². The van der Waals surface area contributed by atoms with Crippen LogP contribution in [0.4, 0.5) is 0 Å². The van der Waals surface area contributed by atoms with Gasteiger partial charge in [-0.3, -0.25) is 9.59 Å². The molecule has 4 bridgehead atoms. The number of hydrogen-bond donors (Lipinski definition) is 1. The van der Waals surface area contributed by atoms with Crippen LogP contribution in [-0.4, -0.2) is 34.7 Å². The van der Waals surface area contributed by atoms with Gasteiger partial charge in [-0.1, -0.05) is 6.92 Å². The summed E-state index contributed by atoms with van der Waals surface area (Å²) < 4.78 is 12.5. The minimum absolute atomic E-state index is 0.0225. The fourth-order valence-corrected chi connectivity index (χ4v) is 5.81. The van der Waals surface area contributed by atoms with Crippen LogP contribution in [-0.2, 0) is 14.3 Å². The fraction of sp³-hybridized carbons (Fsp3) is 0.667. The maximum atomic E-state index is 12.8. The number of phenols is 1. The van der Waals surface area contributed by atoms with Crippen molar-refractivity contribution in [1.82, 2.24) is 0 Å². The summed E-state index contributed by atoms with van der Waals surface area (Å²) in [5.74, 6) is 0.939. The van der Waals surface area contributed by atoms with Crippen molar-refractivity contribution in [3.05, 3.63) is 29.8 Å². The van der Waals surface area contributed by atoms with E-state index < -0.39 is 11.0 Å². The molecule has 0 radical (unpaired) electrons. The molecule has 5 nitrogen and oxygen atoms in total. The number of ether oxygens (including phenoxy) is 2. The number of phenolic OH excluding ortho intramolecular Hbond substituents is 1. The molecule has 4 saturated carbocycles. The Morgan fingerprint density at radius 2 is 1.66 bits per heavy atom. The first-order valence-electron chi connectivity index (χ1n) is 10.8. The van der Waals surface area contributed by atoms with Gasteiger partial charge in [-0.15, -0.1) is 0 Å². The first-order chi connectivity index (χ1) is 13.6. The van der Waals surface area contributed by atoms with Crippen molar-refractivity contribution in [1.29, 1.82) is 0 Å².